The number of nitrogens with zero attached hydrogens (tertiary/aromatic N) is 4. The van der Waals surface area contributed by atoms with Gasteiger partial charge in [0.15, 0.2) is 0 Å². The van der Waals surface area contributed by atoms with Gasteiger partial charge in [0, 0.05) is 24.8 Å². The summed E-state index contributed by atoms with van der Waals surface area (Å²) in [6, 6.07) is 0.276. The third-order valence-corrected chi connectivity index (χ3v) is 4.78. The minimum Gasteiger partial charge on any atom is -0.348 e. The largest absolute Gasteiger partial charge is 0.348 e. The normalized spacial score (nSPS) is 17.0. The van der Waals surface area contributed by atoms with E-state index in [0.717, 1.165) is 36.5 Å². The first-order chi connectivity index (χ1) is 10.1. The molecule has 7 heteroatoms. The summed E-state index contributed by atoms with van der Waals surface area (Å²) < 4.78 is 1.73. The summed E-state index contributed by atoms with van der Waals surface area (Å²) in [5.74, 6) is -0.0165. The Morgan fingerprint density at radius 1 is 1.33 bits per heavy atom. The zero-order chi connectivity index (χ0) is 14.8. The second-order valence-corrected chi connectivity index (χ2v) is 6.51. The van der Waals surface area contributed by atoms with Crippen molar-refractivity contribution in [1.82, 2.24) is 25.0 Å². The van der Waals surface area contributed by atoms with Crippen LogP contribution in [0.15, 0.2) is 18.6 Å². The lowest BCUT2D eigenvalue weighted by molar-refractivity contribution is 0.0921. The quantitative estimate of drug-likeness (QED) is 0.930. The van der Waals surface area contributed by atoms with Crippen LogP contribution >= 0.6 is 11.3 Å². The van der Waals surface area contributed by atoms with Crippen molar-refractivity contribution in [3.05, 3.63) is 23.5 Å². The Morgan fingerprint density at radius 2 is 2.10 bits per heavy atom. The molecule has 1 N–H and O–H groups in total. The van der Waals surface area contributed by atoms with Crippen LogP contribution in [0, 0.1) is 0 Å². The number of carbonyl (C=O) groups is 1. The highest BCUT2D eigenvalue weighted by atomic mass is 32.1. The number of rotatable bonds is 3. The van der Waals surface area contributed by atoms with Gasteiger partial charge < -0.3 is 10.2 Å². The molecule has 2 aromatic rings. The Morgan fingerprint density at radius 3 is 2.76 bits per heavy atom. The van der Waals surface area contributed by atoms with Crippen LogP contribution in [-0.2, 0) is 7.05 Å². The van der Waals surface area contributed by atoms with Crippen LogP contribution in [0.2, 0.25) is 0 Å². The molecule has 6 nitrogen and oxygen atoms in total. The standard InChI is InChI=1S/C14H19N5OS/c1-18-5-3-11(4-6-18)17-13(20)12-8-15-14(21-12)10-7-16-19(2)9-10/h7-9,11H,3-6H2,1-2H3,(H,17,20). The molecule has 3 rings (SSSR count). The number of aromatic nitrogens is 3. The molecule has 1 amide bonds. The summed E-state index contributed by atoms with van der Waals surface area (Å²) in [7, 11) is 3.98. The highest BCUT2D eigenvalue weighted by Gasteiger charge is 2.20. The third-order valence-electron chi connectivity index (χ3n) is 3.74. The number of aryl methyl sites for hydroxylation is 1. The molecule has 0 spiro atoms. The van der Waals surface area contributed by atoms with E-state index in [4.69, 9.17) is 0 Å². The molecule has 0 aliphatic carbocycles. The summed E-state index contributed by atoms with van der Waals surface area (Å²) in [5, 5.41) is 8.07. The second-order valence-electron chi connectivity index (χ2n) is 5.48. The van der Waals surface area contributed by atoms with E-state index in [9.17, 15) is 4.79 Å². The first kappa shape index (κ1) is 14.2. The number of amides is 1. The van der Waals surface area contributed by atoms with Gasteiger partial charge in [-0.2, -0.15) is 5.10 Å². The van der Waals surface area contributed by atoms with Gasteiger partial charge in [0.05, 0.1) is 12.4 Å². The summed E-state index contributed by atoms with van der Waals surface area (Å²) in [6.07, 6.45) is 7.33. The van der Waals surface area contributed by atoms with E-state index in [1.165, 1.54) is 11.3 Å². The van der Waals surface area contributed by atoms with Gasteiger partial charge in [-0.3, -0.25) is 9.48 Å². The summed E-state index contributed by atoms with van der Waals surface area (Å²) in [5.41, 5.74) is 0.945. The van der Waals surface area contributed by atoms with Crippen molar-refractivity contribution in [2.24, 2.45) is 7.05 Å². The molecule has 2 aromatic heterocycles. The lowest BCUT2D eigenvalue weighted by atomic mass is 10.1. The summed E-state index contributed by atoms with van der Waals surface area (Å²) in [6.45, 7) is 2.07. The fourth-order valence-electron chi connectivity index (χ4n) is 2.45. The van der Waals surface area contributed by atoms with E-state index >= 15 is 0 Å². The molecule has 1 aliphatic heterocycles. The number of piperidine rings is 1. The van der Waals surface area contributed by atoms with Crippen molar-refractivity contribution >= 4 is 17.2 Å². The van der Waals surface area contributed by atoms with Gasteiger partial charge >= 0.3 is 0 Å². The van der Waals surface area contributed by atoms with Crippen LogP contribution in [0.1, 0.15) is 22.5 Å². The number of hydrogen-bond donors (Lipinski definition) is 1. The molecule has 0 bridgehead atoms. The number of likely N-dealkylation sites (tertiary alicyclic amines) is 1. The van der Waals surface area contributed by atoms with Crippen molar-refractivity contribution in [2.75, 3.05) is 20.1 Å². The Bertz CT molecular complexity index is 627. The Hall–Kier alpha value is -1.73. The summed E-state index contributed by atoms with van der Waals surface area (Å²) in [4.78, 5) is 19.5. The molecule has 3 heterocycles. The van der Waals surface area contributed by atoms with Crippen molar-refractivity contribution < 1.29 is 4.79 Å². The van der Waals surface area contributed by atoms with Crippen molar-refractivity contribution in [2.45, 2.75) is 18.9 Å². The molecule has 0 saturated carbocycles. The van der Waals surface area contributed by atoms with Gasteiger partial charge in [-0.1, -0.05) is 0 Å². The van der Waals surface area contributed by atoms with Gasteiger partial charge in [0.2, 0.25) is 0 Å². The van der Waals surface area contributed by atoms with Crippen LogP contribution < -0.4 is 5.32 Å². The van der Waals surface area contributed by atoms with Crippen LogP contribution in [0.4, 0.5) is 0 Å². The topological polar surface area (TPSA) is 63.1 Å². The molecular formula is C14H19N5OS. The van der Waals surface area contributed by atoms with Gasteiger partial charge in [-0.15, -0.1) is 11.3 Å². The first-order valence-corrected chi connectivity index (χ1v) is 7.88. The maximum atomic E-state index is 12.3. The fourth-order valence-corrected chi connectivity index (χ4v) is 3.25. The highest BCUT2D eigenvalue weighted by Crippen LogP contribution is 2.24. The predicted octanol–water partition coefficient (Wildman–Crippen LogP) is 1.37. The molecule has 112 valence electrons. The van der Waals surface area contributed by atoms with Gasteiger partial charge in [-0.25, -0.2) is 4.98 Å². The predicted molar refractivity (Wildman–Crippen MR) is 82.3 cm³/mol. The Balaban J connectivity index is 1.64. The van der Waals surface area contributed by atoms with Crippen LogP contribution in [0.5, 0.6) is 0 Å². The molecular weight excluding hydrogens is 286 g/mol. The van der Waals surface area contributed by atoms with Gasteiger partial charge in [0.25, 0.3) is 5.91 Å². The third kappa shape index (κ3) is 3.30. The maximum absolute atomic E-state index is 12.3. The van der Waals surface area contributed by atoms with E-state index in [1.54, 1.807) is 17.1 Å². The zero-order valence-electron chi connectivity index (χ0n) is 12.2. The number of nitrogens with one attached hydrogen (secondary N) is 1. The van der Waals surface area contributed by atoms with Crippen LogP contribution in [0.3, 0.4) is 0 Å². The van der Waals surface area contributed by atoms with E-state index < -0.39 is 0 Å². The lowest BCUT2D eigenvalue weighted by Crippen LogP contribution is -2.43. The van der Waals surface area contributed by atoms with Gasteiger partial charge in [-0.05, 0) is 33.0 Å². The van der Waals surface area contributed by atoms with Crippen LogP contribution in [-0.4, -0.2) is 51.8 Å². The second kappa shape index (κ2) is 5.95. The Kier molecular flexibility index (Phi) is 4.03. The Labute approximate surface area is 127 Å². The monoisotopic (exact) mass is 305 g/mol. The molecule has 21 heavy (non-hydrogen) atoms. The molecule has 1 aliphatic rings. The first-order valence-electron chi connectivity index (χ1n) is 7.06. The molecule has 1 fully saturated rings. The molecule has 0 radical (unpaired) electrons. The minimum atomic E-state index is -0.0165. The van der Waals surface area contributed by atoms with E-state index in [0.29, 0.717) is 4.88 Å². The smallest absolute Gasteiger partial charge is 0.263 e. The molecule has 0 unspecified atom stereocenters. The van der Waals surface area contributed by atoms with Crippen LogP contribution in [0.25, 0.3) is 10.6 Å². The minimum absolute atomic E-state index is 0.0165. The average Bonchev–Trinajstić information content (AvgIpc) is 3.10. The van der Waals surface area contributed by atoms with E-state index in [-0.39, 0.29) is 11.9 Å². The number of thiazole rings is 1. The fraction of sp³-hybridized carbons (Fsp3) is 0.500. The van der Waals surface area contributed by atoms with E-state index in [1.807, 2.05) is 13.2 Å². The molecule has 0 aromatic carbocycles. The molecule has 0 atom stereocenters. The average molecular weight is 305 g/mol. The van der Waals surface area contributed by atoms with Crippen molar-refractivity contribution in [3.8, 4) is 10.6 Å². The van der Waals surface area contributed by atoms with Gasteiger partial charge in [0.1, 0.15) is 9.88 Å². The lowest BCUT2D eigenvalue weighted by Gasteiger charge is -2.29. The summed E-state index contributed by atoms with van der Waals surface area (Å²) >= 11 is 1.41. The van der Waals surface area contributed by atoms with E-state index in [2.05, 4.69) is 27.3 Å². The SMILES string of the molecule is CN1CCC(NC(=O)c2cnc(-c3cnn(C)c3)s2)CC1. The number of hydrogen-bond acceptors (Lipinski definition) is 5. The highest BCUT2D eigenvalue weighted by molar-refractivity contribution is 7.16. The van der Waals surface area contributed by atoms with Crippen molar-refractivity contribution in [3.63, 3.8) is 0 Å². The number of carbonyl (C=O) groups excluding carboxylic acids is 1. The van der Waals surface area contributed by atoms with Crippen molar-refractivity contribution in [1.29, 1.82) is 0 Å². The molecule has 1 saturated heterocycles. The maximum Gasteiger partial charge on any atom is 0.263 e. The zero-order valence-corrected chi connectivity index (χ0v) is 13.1.